The number of aromatic nitrogens is 3. The van der Waals surface area contributed by atoms with Crippen molar-refractivity contribution in [3.05, 3.63) is 23.7 Å². The van der Waals surface area contributed by atoms with E-state index in [9.17, 15) is 10.1 Å². The molecule has 0 bridgehead atoms. The van der Waals surface area contributed by atoms with Crippen molar-refractivity contribution in [3.63, 3.8) is 0 Å². The molecule has 1 saturated heterocycles. The van der Waals surface area contributed by atoms with E-state index in [4.69, 9.17) is 10.5 Å². The number of primary amides is 1. The summed E-state index contributed by atoms with van der Waals surface area (Å²) in [6.45, 7) is 3.14. The number of piperidine rings is 1. The first-order valence-corrected chi connectivity index (χ1v) is 8.51. The molecule has 0 saturated carbocycles. The van der Waals surface area contributed by atoms with Crippen molar-refractivity contribution in [3.8, 4) is 6.07 Å². The average molecular weight is 359 g/mol. The largest absolute Gasteiger partial charge is 0.445 e. The number of amides is 1. The first-order chi connectivity index (χ1) is 12.0. The molecule has 0 aliphatic carbocycles. The molecule has 25 heavy (non-hydrogen) atoms. The second kappa shape index (κ2) is 7.31. The quantitative estimate of drug-likeness (QED) is 0.846. The van der Waals surface area contributed by atoms with Crippen molar-refractivity contribution in [1.29, 1.82) is 5.26 Å². The Balaban J connectivity index is 1.81. The highest BCUT2D eigenvalue weighted by molar-refractivity contribution is 7.10. The van der Waals surface area contributed by atoms with Gasteiger partial charge in [-0.15, -0.1) is 0 Å². The predicted octanol–water partition coefficient (Wildman–Crippen LogP) is 1.92. The molecule has 9 nitrogen and oxygen atoms in total. The maximum atomic E-state index is 11.0. The lowest BCUT2D eigenvalue weighted by molar-refractivity contribution is 0.0964. The van der Waals surface area contributed by atoms with Crippen LogP contribution in [0, 0.1) is 18.3 Å². The lowest BCUT2D eigenvalue weighted by Gasteiger charge is -2.32. The fraction of sp³-hybridized carbons (Fsp3) is 0.400. The van der Waals surface area contributed by atoms with E-state index in [-0.39, 0.29) is 11.8 Å². The van der Waals surface area contributed by atoms with E-state index in [0.29, 0.717) is 18.2 Å². The molecule has 2 aromatic heterocycles. The highest BCUT2D eigenvalue weighted by Gasteiger charge is 2.24. The molecule has 1 atom stereocenters. The number of aryl methyl sites for hydroxylation is 1. The van der Waals surface area contributed by atoms with Gasteiger partial charge in [0.05, 0.1) is 18.4 Å². The van der Waals surface area contributed by atoms with Gasteiger partial charge in [0, 0.05) is 6.54 Å². The molecule has 3 N–H and O–H groups in total. The minimum absolute atomic E-state index is 0.205. The maximum Gasteiger partial charge on any atom is 0.404 e. The van der Waals surface area contributed by atoms with Crippen LogP contribution in [0.2, 0.25) is 0 Å². The molecule has 0 spiro atoms. The number of ether oxygens (including phenoxy) is 1. The summed E-state index contributed by atoms with van der Waals surface area (Å²) in [6.07, 6.45) is 2.10. The summed E-state index contributed by atoms with van der Waals surface area (Å²) in [5.41, 5.74) is 6.19. The summed E-state index contributed by atoms with van der Waals surface area (Å²) >= 11 is 1.29. The molecule has 3 heterocycles. The van der Waals surface area contributed by atoms with Crippen molar-refractivity contribution < 1.29 is 9.53 Å². The molecule has 0 aromatic carbocycles. The Kier molecular flexibility index (Phi) is 4.95. The van der Waals surface area contributed by atoms with E-state index in [1.807, 2.05) is 24.0 Å². The minimum Gasteiger partial charge on any atom is -0.445 e. The number of carbonyl (C=O) groups is 1. The number of carbonyl (C=O) groups excluding carboxylic acids is 1. The summed E-state index contributed by atoms with van der Waals surface area (Å²) in [7, 11) is 0. The number of nitrogens with two attached hydrogens (primary N) is 1. The minimum atomic E-state index is -0.777. The number of rotatable bonds is 4. The van der Waals surface area contributed by atoms with Gasteiger partial charge in [-0.25, -0.2) is 14.8 Å². The van der Waals surface area contributed by atoms with Crippen molar-refractivity contribution in [2.45, 2.75) is 25.9 Å². The van der Waals surface area contributed by atoms with E-state index in [0.717, 1.165) is 30.1 Å². The Bertz CT molecular complexity index is 816. The van der Waals surface area contributed by atoms with E-state index in [1.165, 1.54) is 11.5 Å². The van der Waals surface area contributed by atoms with Gasteiger partial charge >= 0.3 is 6.09 Å². The molecule has 1 fully saturated rings. The Hall–Kier alpha value is -2.93. The van der Waals surface area contributed by atoms with Gasteiger partial charge in [0.25, 0.3) is 0 Å². The summed E-state index contributed by atoms with van der Waals surface area (Å²) in [5.74, 6) is 0.988. The Morgan fingerprint density at radius 2 is 2.44 bits per heavy atom. The lowest BCUT2D eigenvalue weighted by atomic mass is 10.1. The van der Waals surface area contributed by atoms with Gasteiger partial charge in [0.1, 0.15) is 23.0 Å². The SMILES string of the molecule is Cc1cc(Nc2nc(N3CCCC(OC(N)=O)C3)cnc2C#N)sn1. The number of hydrogen-bond donors (Lipinski definition) is 2. The standard InChI is InChI=1S/C15H17N7O2S/c1-9-5-13(25-21-9)20-14-11(6-16)18-7-12(19-14)22-4-2-3-10(8-22)24-15(17)23/h5,7,10H,2-4,8H2,1H3,(H2,17,23)(H,19,20). The topological polar surface area (TPSA) is 130 Å². The summed E-state index contributed by atoms with van der Waals surface area (Å²) in [6, 6.07) is 3.90. The first-order valence-electron chi connectivity index (χ1n) is 7.73. The lowest BCUT2D eigenvalue weighted by Crippen LogP contribution is -2.41. The van der Waals surface area contributed by atoms with Crippen LogP contribution in [0.1, 0.15) is 24.2 Å². The van der Waals surface area contributed by atoms with Crippen LogP contribution in [-0.2, 0) is 4.74 Å². The normalized spacial score (nSPS) is 17.0. The zero-order valence-electron chi connectivity index (χ0n) is 13.6. The molecule has 1 aliphatic rings. The molecule has 1 aliphatic heterocycles. The van der Waals surface area contributed by atoms with Gasteiger partial charge in [-0.3, -0.25) is 0 Å². The Morgan fingerprint density at radius 1 is 1.60 bits per heavy atom. The Morgan fingerprint density at radius 3 is 3.12 bits per heavy atom. The van der Waals surface area contributed by atoms with Crippen molar-refractivity contribution in [1.82, 2.24) is 14.3 Å². The fourth-order valence-corrected chi connectivity index (χ4v) is 3.31. The van der Waals surface area contributed by atoms with Crippen LogP contribution in [0.4, 0.5) is 21.4 Å². The van der Waals surface area contributed by atoms with E-state index < -0.39 is 6.09 Å². The van der Waals surface area contributed by atoms with Crippen LogP contribution in [-0.4, -0.2) is 39.6 Å². The molecule has 1 unspecified atom stereocenters. The molecular formula is C15H17N7O2S. The van der Waals surface area contributed by atoms with Gasteiger partial charge in [-0.05, 0) is 37.4 Å². The molecule has 3 rings (SSSR count). The second-order valence-electron chi connectivity index (χ2n) is 5.64. The Labute approximate surface area is 148 Å². The van der Waals surface area contributed by atoms with Gasteiger partial charge < -0.3 is 20.7 Å². The molecule has 130 valence electrons. The zero-order valence-corrected chi connectivity index (χ0v) is 14.4. The van der Waals surface area contributed by atoms with Gasteiger partial charge in [-0.1, -0.05) is 0 Å². The summed E-state index contributed by atoms with van der Waals surface area (Å²) < 4.78 is 9.29. The van der Waals surface area contributed by atoms with Gasteiger partial charge in [0.2, 0.25) is 0 Å². The van der Waals surface area contributed by atoms with Crippen LogP contribution in [0.3, 0.4) is 0 Å². The summed E-state index contributed by atoms with van der Waals surface area (Å²) in [4.78, 5) is 21.6. The molecule has 1 amide bonds. The van der Waals surface area contributed by atoms with E-state index in [2.05, 4.69) is 19.7 Å². The number of hydrogen-bond acceptors (Lipinski definition) is 9. The third-order valence-electron chi connectivity index (χ3n) is 3.72. The van der Waals surface area contributed by atoms with Gasteiger partial charge in [-0.2, -0.15) is 9.64 Å². The maximum absolute atomic E-state index is 11.0. The monoisotopic (exact) mass is 359 g/mol. The number of nitriles is 1. The predicted molar refractivity (Wildman–Crippen MR) is 92.8 cm³/mol. The van der Waals surface area contributed by atoms with Crippen LogP contribution in [0.15, 0.2) is 12.3 Å². The van der Waals surface area contributed by atoms with Crippen LogP contribution in [0.5, 0.6) is 0 Å². The summed E-state index contributed by atoms with van der Waals surface area (Å²) in [5, 5.41) is 13.1. The van der Waals surface area contributed by atoms with Crippen LogP contribution < -0.4 is 16.0 Å². The number of nitrogens with zero attached hydrogens (tertiary/aromatic N) is 5. The molecular weight excluding hydrogens is 342 g/mol. The van der Waals surface area contributed by atoms with Crippen LogP contribution >= 0.6 is 11.5 Å². The van der Waals surface area contributed by atoms with Crippen LogP contribution in [0.25, 0.3) is 0 Å². The highest BCUT2D eigenvalue weighted by Crippen LogP contribution is 2.25. The fourth-order valence-electron chi connectivity index (χ4n) is 2.65. The third-order valence-corrected chi connectivity index (χ3v) is 4.52. The number of nitrogens with one attached hydrogen (secondary N) is 1. The zero-order chi connectivity index (χ0) is 17.8. The average Bonchev–Trinajstić information content (AvgIpc) is 2.99. The molecule has 10 heteroatoms. The van der Waals surface area contributed by atoms with Crippen molar-refractivity contribution in [2.24, 2.45) is 5.73 Å². The van der Waals surface area contributed by atoms with E-state index >= 15 is 0 Å². The second-order valence-corrected chi connectivity index (χ2v) is 6.45. The first kappa shape index (κ1) is 16.9. The van der Waals surface area contributed by atoms with Gasteiger partial charge in [0.15, 0.2) is 11.5 Å². The molecule has 2 aromatic rings. The van der Waals surface area contributed by atoms with Crippen molar-refractivity contribution in [2.75, 3.05) is 23.3 Å². The third kappa shape index (κ3) is 4.13. The molecule has 0 radical (unpaired) electrons. The smallest absolute Gasteiger partial charge is 0.404 e. The number of anilines is 3. The highest BCUT2D eigenvalue weighted by atomic mass is 32.1. The van der Waals surface area contributed by atoms with Crippen molar-refractivity contribution >= 4 is 34.3 Å². The van der Waals surface area contributed by atoms with E-state index in [1.54, 1.807) is 6.20 Å².